The van der Waals surface area contributed by atoms with Crippen LogP contribution in [0.4, 0.5) is 0 Å². The zero-order chi connectivity index (χ0) is 17.1. The molecule has 130 valence electrons. The first-order chi connectivity index (χ1) is 11.4. The number of aldehydes is 1. The van der Waals surface area contributed by atoms with Crippen molar-refractivity contribution in [2.75, 3.05) is 0 Å². The largest absolute Gasteiger partial charge is 0.303 e. The van der Waals surface area contributed by atoms with Crippen LogP contribution in [-0.2, 0) is 9.59 Å². The van der Waals surface area contributed by atoms with Gasteiger partial charge < -0.3 is 4.79 Å². The molecule has 0 aliphatic heterocycles. The molecule has 4 rings (SSSR count). The summed E-state index contributed by atoms with van der Waals surface area (Å²) < 4.78 is 0. The van der Waals surface area contributed by atoms with E-state index in [1.54, 1.807) is 0 Å². The van der Waals surface area contributed by atoms with Crippen LogP contribution in [0.25, 0.3) is 0 Å². The molecule has 24 heavy (non-hydrogen) atoms. The van der Waals surface area contributed by atoms with E-state index >= 15 is 0 Å². The highest BCUT2D eigenvalue weighted by Gasteiger charge is 2.58. The Morgan fingerprint density at radius 2 is 1.96 bits per heavy atom. The lowest BCUT2D eigenvalue weighted by Crippen LogP contribution is -2.49. The van der Waals surface area contributed by atoms with E-state index in [1.807, 2.05) is 6.08 Å². The predicted molar refractivity (Wildman–Crippen MR) is 95.3 cm³/mol. The zero-order valence-corrected chi connectivity index (χ0v) is 15.3. The number of hydrogen-bond donors (Lipinski definition) is 0. The van der Waals surface area contributed by atoms with Gasteiger partial charge >= 0.3 is 0 Å². The minimum atomic E-state index is 0.183. The van der Waals surface area contributed by atoms with Gasteiger partial charge in [0.15, 0.2) is 5.78 Å². The summed E-state index contributed by atoms with van der Waals surface area (Å²) in [6.07, 6.45) is 14.5. The van der Waals surface area contributed by atoms with Crippen LogP contribution in [0.5, 0.6) is 0 Å². The average molecular weight is 326 g/mol. The number of carbonyl (C=O) groups is 2. The van der Waals surface area contributed by atoms with Crippen molar-refractivity contribution in [3.8, 4) is 0 Å². The molecule has 0 saturated heterocycles. The Hall–Kier alpha value is -1.18. The van der Waals surface area contributed by atoms with Crippen LogP contribution in [0, 0.1) is 40.4 Å². The van der Waals surface area contributed by atoms with Gasteiger partial charge in [0.1, 0.15) is 6.29 Å². The minimum Gasteiger partial charge on any atom is -0.303 e. The molecule has 0 amide bonds. The van der Waals surface area contributed by atoms with E-state index in [4.69, 9.17) is 0 Å². The number of fused-ring (bicyclic) bond motifs is 5. The van der Waals surface area contributed by atoms with Crippen molar-refractivity contribution in [1.82, 2.24) is 0 Å². The summed E-state index contributed by atoms with van der Waals surface area (Å²) in [5.41, 5.74) is 1.77. The van der Waals surface area contributed by atoms with Gasteiger partial charge in [-0.3, -0.25) is 4.79 Å². The molecule has 0 aromatic carbocycles. The van der Waals surface area contributed by atoms with Crippen molar-refractivity contribution in [2.45, 2.75) is 59.3 Å². The summed E-state index contributed by atoms with van der Waals surface area (Å²) in [7, 11) is 0. The number of carbonyl (C=O) groups excluding carboxylic acids is 2. The van der Waals surface area contributed by atoms with Gasteiger partial charge in [0.05, 0.1) is 0 Å². The lowest BCUT2D eigenvalue weighted by Gasteiger charge is -2.56. The fourth-order valence-electron chi connectivity index (χ4n) is 7.00. The van der Waals surface area contributed by atoms with Crippen molar-refractivity contribution in [3.63, 3.8) is 0 Å². The maximum Gasteiger partial charge on any atom is 0.156 e. The van der Waals surface area contributed by atoms with Crippen LogP contribution in [-0.4, -0.2) is 12.1 Å². The van der Waals surface area contributed by atoms with Gasteiger partial charge in [0.2, 0.25) is 0 Å². The van der Waals surface area contributed by atoms with Crippen molar-refractivity contribution < 1.29 is 9.59 Å². The second-order valence-electron chi connectivity index (χ2n) is 9.36. The molecule has 0 radical (unpaired) electrons. The fourth-order valence-corrected chi connectivity index (χ4v) is 7.00. The fraction of sp³-hybridized carbons (Fsp3) is 0.727. The summed E-state index contributed by atoms with van der Waals surface area (Å²) in [4.78, 5) is 23.3. The van der Waals surface area contributed by atoms with E-state index in [-0.39, 0.29) is 11.3 Å². The minimum absolute atomic E-state index is 0.183. The van der Waals surface area contributed by atoms with Crippen LogP contribution in [0.3, 0.4) is 0 Å². The van der Waals surface area contributed by atoms with Gasteiger partial charge in [-0.25, -0.2) is 0 Å². The Kier molecular flexibility index (Phi) is 3.67. The Labute approximate surface area is 145 Å². The molecular weight excluding hydrogens is 296 g/mol. The summed E-state index contributed by atoms with van der Waals surface area (Å²) in [6, 6.07) is 0. The SMILES string of the molecule is CC(C=O)[C@H]1CC[C@H]2[C@@H]3C=CC4=CC(=O)CC[C@]4(C)[C@H]3CC[C@]12C. The Morgan fingerprint density at radius 1 is 1.17 bits per heavy atom. The van der Waals surface area contributed by atoms with Gasteiger partial charge in [-0.15, -0.1) is 0 Å². The first kappa shape index (κ1) is 16.3. The van der Waals surface area contributed by atoms with Crippen LogP contribution < -0.4 is 0 Å². The molecule has 1 unspecified atom stereocenters. The summed E-state index contributed by atoms with van der Waals surface area (Å²) in [6.45, 7) is 6.97. The molecule has 4 aliphatic rings. The lowest BCUT2D eigenvalue weighted by molar-refractivity contribution is -0.116. The zero-order valence-electron chi connectivity index (χ0n) is 15.3. The Balaban J connectivity index is 1.70. The Morgan fingerprint density at radius 3 is 2.71 bits per heavy atom. The second kappa shape index (κ2) is 5.41. The first-order valence-corrected chi connectivity index (χ1v) is 9.78. The molecule has 0 heterocycles. The third kappa shape index (κ3) is 2.07. The summed E-state index contributed by atoms with van der Waals surface area (Å²) in [5, 5.41) is 0. The van der Waals surface area contributed by atoms with Gasteiger partial charge in [-0.1, -0.05) is 32.9 Å². The van der Waals surface area contributed by atoms with E-state index in [9.17, 15) is 9.59 Å². The molecule has 0 N–H and O–H groups in total. The topological polar surface area (TPSA) is 34.1 Å². The molecule has 2 nitrogen and oxygen atoms in total. The first-order valence-electron chi connectivity index (χ1n) is 9.78. The molecule has 4 aliphatic carbocycles. The van der Waals surface area contributed by atoms with Gasteiger partial charge in [0.25, 0.3) is 0 Å². The van der Waals surface area contributed by atoms with Gasteiger partial charge in [-0.05, 0) is 78.3 Å². The maximum absolute atomic E-state index is 11.9. The van der Waals surface area contributed by atoms with Crippen molar-refractivity contribution in [1.29, 1.82) is 0 Å². The van der Waals surface area contributed by atoms with Crippen molar-refractivity contribution in [3.05, 3.63) is 23.8 Å². The molecule has 2 heteroatoms. The van der Waals surface area contributed by atoms with E-state index in [1.165, 1.54) is 37.5 Å². The number of hydrogen-bond acceptors (Lipinski definition) is 2. The van der Waals surface area contributed by atoms with Gasteiger partial charge in [0, 0.05) is 12.3 Å². The maximum atomic E-state index is 11.9. The van der Waals surface area contributed by atoms with Crippen LogP contribution in [0.1, 0.15) is 59.3 Å². The smallest absolute Gasteiger partial charge is 0.156 e. The number of ketones is 1. The quantitative estimate of drug-likeness (QED) is 0.687. The number of allylic oxidation sites excluding steroid dienone is 4. The molecule has 2 fully saturated rings. The molecular formula is C22H30O2. The highest BCUT2D eigenvalue weighted by molar-refractivity contribution is 5.92. The van der Waals surface area contributed by atoms with Crippen LogP contribution in [0.2, 0.25) is 0 Å². The van der Waals surface area contributed by atoms with E-state index in [2.05, 4.69) is 32.9 Å². The summed E-state index contributed by atoms with van der Waals surface area (Å²) in [5.74, 6) is 3.03. The monoisotopic (exact) mass is 326 g/mol. The standard InChI is InChI=1S/C22H30O2/c1-14(13-23)18-6-7-19-17-5-4-15-12-16(24)8-10-21(15,2)20(17)9-11-22(18,19)3/h4-5,12-14,17-20H,6-11H2,1-3H3/t14?,17-,18+,19-,20-,21-,22+/m0/s1. The lowest BCUT2D eigenvalue weighted by atomic mass is 9.48. The highest BCUT2D eigenvalue weighted by Crippen LogP contribution is 2.65. The third-order valence-corrected chi connectivity index (χ3v) is 8.44. The summed E-state index contributed by atoms with van der Waals surface area (Å²) >= 11 is 0. The molecule has 0 bridgehead atoms. The number of rotatable bonds is 2. The van der Waals surface area contributed by atoms with E-state index < -0.39 is 0 Å². The average Bonchev–Trinajstić information content (AvgIpc) is 2.92. The molecule has 7 atom stereocenters. The van der Waals surface area contributed by atoms with E-state index in [0.717, 1.165) is 6.42 Å². The molecule has 0 spiro atoms. The molecule has 0 aromatic heterocycles. The van der Waals surface area contributed by atoms with Crippen molar-refractivity contribution >= 4 is 12.1 Å². The Bertz CT molecular complexity index is 630. The van der Waals surface area contributed by atoms with E-state index in [0.29, 0.717) is 41.3 Å². The highest BCUT2D eigenvalue weighted by atomic mass is 16.1. The van der Waals surface area contributed by atoms with Crippen molar-refractivity contribution in [2.24, 2.45) is 40.4 Å². The predicted octanol–water partition coefficient (Wildman–Crippen LogP) is 4.75. The second-order valence-corrected chi connectivity index (χ2v) is 9.36. The molecule has 0 aromatic rings. The normalized spacial score (nSPS) is 48.1. The molecule has 2 saturated carbocycles. The van der Waals surface area contributed by atoms with Gasteiger partial charge in [-0.2, -0.15) is 0 Å². The third-order valence-electron chi connectivity index (χ3n) is 8.44. The van der Waals surface area contributed by atoms with Crippen LogP contribution in [0.15, 0.2) is 23.8 Å². The van der Waals surface area contributed by atoms with Crippen LogP contribution >= 0.6 is 0 Å².